The predicted octanol–water partition coefficient (Wildman–Crippen LogP) is 1.97. The third-order valence-electron chi connectivity index (χ3n) is 4.38. The summed E-state index contributed by atoms with van der Waals surface area (Å²) in [6.45, 7) is -0.522. The summed E-state index contributed by atoms with van der Waals surface area (Å²) in [4.78, 5) is 23.0. The minimum atomic E-state index is -1.53. The number of esters is 1. The van der Waals surface area contributed by atoms with Gasteiger partial charge < -0.3 is 20.3 Å². The van der Waals surface area contributed by atoms with Crippen LogP contribution in [0.2, 0.25) is 0 Å². The lowest BCUT2D eigenvalue weighted by Gasteiger charge is -2.21. The SMILES string of the molecule is O=C(OC[C@@]1(O)CN[C@H](C(=O)O)C1)c1ccc(-c2cccc(F)c2)cc1F. The van der Waals surface area contributed by atoms with Gasteiger partial charge in [-0.2, -0.15) is 0 Å². The average molecular weight is 377 g/mol. The average Bonchev–Trinajstić information content (AvgIpc) is 3.03. The number of benzene rings is 2. The van der Waals surface area contributed by atoms with Crippen LogP contribution in [0, 0.1) is 11.6 Å². The van der Waals surface area contributed by atoms with Gasteiger partial charge in [0.05, 0.1) is 5.56 Å². The number of ether oxygens (including phenoxy) is 1. The highest BCUT2D eigenvalue weighted by atomic mass is 19.1. The minimum Gasteiger partial charge on any atom is -0.480 e. The Kier molecular flexibility index (Phi) is 5.20. The maximum absolute atomic E-state index is 14.3. The van der Waals surface area contributed by atoms with Gasteiger partial charge in [0.15, 0.2) is 0 Å². The topological polar surface area (TPSA) is 95.9 Å². The van der Waals surface area contributed by atoms with Crippen molar-refractivity contribution in [2.24, 2.45) is 0 Å². The fourth-order valence-electron chi connectivity index (χ4n) is 2.93. The van der Waals surface area contributed by atoms with Crippen LogP contribution in [0.15, 0.2) is 42.5 Å². The molecule has 0 saturated carbocycles. The molecule has 27 heavy (non-hydrogen) atoms. The lowest BCUT2D eigenvalue weighted by Crippen LogP contribution is -2.37. The maximum Gasteiger partial charge on any atom is 0.341 e. The molecule has 3 rings (SSSR count). The van der Waals surface area contributed by atoms with Crippen molar-refractivity contribution >= 4 is 11.9 Å². The Hall–Kier alpha value is -2.84. The van der Waals surface area contributed by atoms with Crippen molar-refractivity contribution in [2.45, 2.75) is 18.1 Å². The first-order valence-electron chi connectivity index (χ1n) is 8.19. The van der Waals surface area contributed by atoms with E-state index in [2.05, 4.69) is 5.32 Å². The Morgan fingerprint density at radius 1 is 1.19 bits per heavy atom. The van der Waals surface area contributed by atoms with Gasteiger partial charge in [0.1, 0.15) is 29.9 Å². The Morgan fingerprint density at radius 3 is 2.56 bits per heavy atom. The molecule has 1 saturated heterocycles. The molecule has 1 fully saturated rings. The zero-order chi connectivity index (χ0) is 19.6. The molecule has 0 amide bonds. The molecule has 8 heteroatoms. The Bertz CT molecular complexity index is 888. The Labute approximate surface area is 153 Å². The van der Waals surface area contributed by atoms with E-state index in [1.165, 1.54) is 30.3 Å². The third kappa shape index (κ3) is 4.29. The molecule has 6 nitrogen and oxygen atoms in total. The summed E-state index contributed by atoms with van der Waals surface area (Å²) in [5.41, 5.74) is -1.01. The highest BCUT2D eigenvalue weighted by Crippen LogP contribution is 2.24. The summed E-state index contributed by atoms with van der Waals surface area (Å²) in [6.07, 6.45) is -0.128. The number of hydrogen-bond donors (Lipinski definition) is 3. The van der Waals surface area contributed by atoms with E-state index in [1.54, 1.807) is 6.07 Å². The number of hydrogen-bond acceptors (Lipinski definition) is 5. The summed E-state index contributed by atoms with van der Waals surface area (Å²) in [5.74, 6) is -3.40. The van der Waals surface area contributed by atoms with Crippen molar-refractivity contribution in [2.75, 3.05) is 13.2 Å². The normalized spacial score (nSPS) is 21.8. The molecule has 2 atom stereocenters. The van der Waals surface area contributed by atoms with Crippen molar-refractivity contribution in [3.05, 3.63) is 59.7 Å². The molecule has 1 aliphatic heterocycles. The molecular weight excluding hydrogens is 360 g/mol. The lowest BCUT2D eigenvalue weighted by molar-refractivity contribution is -0.139. The van der Waals surface area contributed by atoms with Crippen LogP contribution < -0.4 is 5.32 Å². The van der Waals surface area contributed by atoms with Crippen LogP contribution in [0.25, 0.3) is 11.1 Å². The number of halogens is 2. The second-order valence-electron chi connectivity index (χ2n) is 6.48. The first-order valence-corrected chi connectivity index (χ1v) is 8.19. The minimum absolute atomic E-state index is 0.0573. The quantitative estimate of drug-likeness (QED) is 0.690. The number of aliphatic carboxylic acids is 1. The van der Waals surface area contributed by atoms with E-state index in [-0.39, 0.29) is 18.5 Å². The van der Waals surface area contributed by atoms with E-state index in [1.807, 2.05) is 0 Å². The summed E-state index contributed by atoms with van der Waals surface area (Å²) < 4.78 is 32.6. The van der Waals surface area contributed by atoms with Crippen LogP contribution >= 0.6 is 0 Å². The van der Waals surface area contributed by atoms with Gasteiger partial charge >= 0.3 is 11.9 Å². The number of rotatable bonds is 5. The zero-order valence-electron chi connectivity index (χ0n) is 14.1. The Morgan fingerprint density at radius 2 is 1.93 bits per heavy atom. The molecule has 2 aromatic rings. The molecule has 1 aliphatic rings. The van der Waals surface area contributed by atoms with Crippen LogP contribution in [0.5, 0.6) is 0 Å². The smallest absolute Gasteiger partial charge is 0.341 e. The third-order valence-corrected chi connectivity index (χ3v) is 4.38. The van der Waals surface area contributed by atoms with Crippen LogP contribution in [0.1, 0.15) is 16.8 Å². The molecule has 3 N–H and O–H groups in total. The van der Waals surface area contributed by atoms with Crippen molar-refractivity contribution in [3.63, 3.8) is 0 Å². The van der Waals surface area contributed by atoms with Gasteiger partial charge in [-0.1, -0.05) is 18.2 Å². The molecule has 142 valence electrons. The molecule has 2 aromatic carbocycles. The molecule has 0 spiro atoms. The molecule has 0 unspecified atom stereocenters. The summed E-state index contributed by atoms with van der Waals surface area (Å²) in [6, 6.07) is 8.45. The van der Waals surface area contributed by atoms with Crippen molar-refractivity contribution < 1.29 is 33.3 Å². The monoisotopic (exact) mass is 377 g/mol. The molecule has 1 heterocycles. The molecule has 0 radical (unpaired) electrons. The second-order valence-corrected chi connectivity index (χ2v) is 6.48. The first kappa shape index (κ1) is 18.9. The zero-order valence-corrected chi connectivity index (χ0v) is 14.1. The van der Waals surface area contributed by atoms with Crippen molar-refractivity contribution in [1.29, 1.82) is 0 Å². The first-order chi connectivity index (χ1) is 12.8. The van der Waals surface area contributed by atoms with Crippen LogP contribution in [0.3, 0.4) is 0 Å². The van der Waals surface area contributed by atoms with E-state index in [9.17, 15) is 23.5 Å². The number of nitrogens with one attached hydrogen (secondary N) is 1. The van der Waals surface area contributed by atoms with Crippen LogP contribution in [-0.4, -0.2) is 46.9 Å². The summed E-state index contributed by atoms with van der Waals surface area (Å²) in [5, 5.41) is 21.8. The summed E-state index contributed by atoms with van der Waals surface area (Å²) >= 11 is 0. The van der Waals surface area contributed by atoms with Gasteiger partial charge in [-0.05, 0) is 35.4 Å². The molecule has 0 aromatic heterocycles. The van der Waals surface area contributed by atoms with Gasteiger partial charge in [-0.25, -0.2) is 13.6 Å². The van der Waals surface area contributed by atoms with E-state index < -0.39 is 41.8 Å². The van der Waals surface area contributed by atoms with Gasteiger partial charge in [0, 0.05) is 13.0 Å². The standard InChI is InChI=1S/C19H17F2NO5/c20-13-3-1-2-11(6-13)12-4-5-14(15(21)7-12)18(25)27-10-19(26)8-16(17(23)24)22-9-19/h1-7,16,22,26H,8-10H2,(H,23,24)/t16-,19-/m0/s1. The van der Waals surface area contributed by atoms with E-state index in [4.69, 9.17) is 9.84 Å². The number of β-amino-alcohol motifs (C(OH)–C–C–N with tert-alkyl or cyclic N) is 1. The van der Waals surface area contributed by atoms with Gasteiger partial charge in [0.2, 0.25) is 0 Å². The van der Waals surface area contributed by atoms with E-state index in [0.717, 1.165) is 6.07 Å². The predicted molar refractivity (Wildman–Crippen MR) is 91.1 cm³/mol. The number of carboxylic acid groups (broad SMARTS) is 1. The van der Waals surface area contributed by atoms with Crippen molar-refractivity contribution in [3.8, 4) is 11.1 Å². The highest BCUT2D eigenvalue weighted by molar-refractivity contribution is 5.90. The number of carbonyl (C=O) groups excluding carboxylic acids is 1. The molecule has 0 aliphatic carbocycles. The van der Waals surface area contributed by atoms with Crippen LogP contribution in [0.4, 0.5) is 8.78 Å². The summed E-state index contributed by atoms with van der Waals surface area (Å²) in [7, 11) is 0. The largest absolute Gasteiger partial charge is 0.480 e. The van der Waals surface area contributed by atoms with E-state index in [0.29, 0.717) is 11.1 Å². The molecular formula is C19H17F2NO5. The Balaban J connectivity index is 1.68. The van der Waals surface area contributed by atoms with Crippen molar-refractivity contribution in [1.82, 2.24) is 5.32 Å². The fourth-order valence-corrected chi connectivity index (χ4v) is 2.93. The van der Waals surface area contributed by atoms with Gasteiger partial charge in [-0.3, -0.25) is 4.79 Å². The molecule has 0 bridgehead atoms. The number of aliphatic hydroxyl groups is 1. The number of carboxylic acids is 1. The lowest BCUT2D eigenvalue weighted by atomic mass is 10.0. The van der Waals surface area contributed by atoms with Gasteiger partial charge in [0.25, 0.3) is 0 Å². The van der Waals surface area contributed by atoms with Crippen LogP contribution in [-0.2, 0) is 9.53 Å². The second kappa shape index (κ2) is 7.42. The number of carbonyl (C=O) groups is 2. The van der Waals surface area contributed by atoms with Gasteiger partial charge in [-0.15, -0.1) is 0 Å². The maximum atomic E-state index is 14.3. The fraction of sp³-hybridized carbons (Fsp3) is 0.263. The van der Waals surface area contributed by atoms with E-state index >= 15 is 0 Å². The highest BCUT2D eigenvalue weighted by Gasteiger charge is 2.41.